The van der Waals surface area contributed by atoms with E-state index < -0.39 is 35.9 Å². The van der Waals surface area contributed by atoms with Gasteiger partial charge in [-0.1, -0.05) is 44.2 Å². The van der Waals surface area contributed by atoms with E-state index >= 15 is 0 Å². The molecule has 32 heavy (non-hydrogen) atoms. The number of hydrogen-bond donors (Lipinski definition) is 5. The Labute approximate surface area is 195 Å². The Bertz CT molecular complexity index is 756. The second-order valence-electron chi connectivity index (χ2n) is 7.56. The summed E-state index contributed by atoms with van der Waals surface area (Å²) in [4.78, 5) is 41.4. The molecule has 0 saturated heterocycles. The first-order valence-electron chi connectivity index (χ1n) is 10.2. The fourth-order valence-corrected chi connectivity index (χ4v) is 2.89. The van der Waals surface area contributed by atoms with E-state index in [1.165, 1.54) is 7.11 Å². The molecule has 0 saturated carbocycles. The number of guanidine groups is 1. The van der Waals surface area contributed by atoms with Crippen molar-refractivity contribution in [3.8, 4) is 0 Å². The molecule has 2 amide bonds. The number of benzene rings is 1. The van der Waals surface area contributed by atoms with Gasteiger partial charge >= 0.3 is 5.97 Å². The average Bonchev–Trinajstić information content (AvgIpc) is 2.73. The van der Waals surface area contributed by atoms with Crippen LogP contribution in [0, 0.1) is 5.92 Å². The predicted molar refractivity (Wildman–Crippen MR) is 126 cm³/mol. The molecule has 3 atom stereocenters. The number of rotatable bonds is 12. The Morgan fingerprint density at radius 2 is 1.69 bits per heavy atom. The first-order chi connectivity index (χ1) is 14.6. The summed E-state index contributed by atoms with van der Waals surface area (Å²) in [6.07, 6.45) is 1.03. The summed E-state index contributed by atoms with van der Waals surface area (Å²) in [5.74, 6) is -1.79. The van der Waals surface area contributed by atoms with Gasteiger partial charge in [-0.15, -0.1) is 12.4 Å². The summed E-state index contributed by atoms with van der Waals surface area (Å²) in [7, 11) is 1.25. The number of nitrogens with one attached hydrogen (secondary N) is 2. The predicted octanol–water partition coefficient (Wildman–Crippen LogP) is -0.170. The molecule has 11 heteroatoms. The van der Waals surface area contributed by atoms with Crippen LogP contribution in [0.2, 0.25) is 0 Å². The summed E-state index contributed by atoms with van der Waals surface area (Å²) >= 11 is 0. The lowest BCUT2D eigenvalue weighted by atomic mass is 10.0. The van der Waals surface area contributed by atoms with Crippen LogP contribution in [0.1, 0.15) is 32.3 Å². The third-order valence-corrected chi connectivity index (χ3v) is 4.63. The average molecular weight is 471 g/mol. The number of carbonyl (C=O) groups excluding carboxylic acids is 3. The molecule has 0 bridgehead atoms. The molecule has 0 aliphatic heterocycles. The molecule has 10 nitrogen and oxygen atoms in total. The van der Waals surface area contributed by atoms with Crippen LogP contribution in [0.25, 0.3) is 0 Å². The lowest BCUT2D eigenvalue weighted by Gasteiger charge is -2.25. The Kier molecular flexibility index (Phi) is 13.7. The van der Waals surface area contributed by atoms with Gasteiger partial charge in [0.05, 0.1) is 13.2 Å². The molecule has 0 unspecified atom stereocenters. The third-order valence-electron chi connectivity index (χ3n) is 4.63. The molecule has 0 radical (unpaired) electrons. The quantitative estimate of drug-likeness (QED) is 0.122. The lowest BCUT2D eigenvalue weighted by Crippen LogP contribution is -2.55. The lowest BCUT2D eigenvalue weighted by molar-refractivity contribution is -0.146. The fraction of sp³-hybridized carbons (Fsp3) is 0.524. The zero-order valence-electron chi connectivity index (χ0n) is 18.7. The molecule has 0 spiro atoms. The molecular formula is C21H35ClN6O4. The summed E-state index contributed by atoms with van der Waals surface area (Å²) in [6.45, 7) is 3.86. The van der Waals surface area contributed by atoms with Crippen molar-refractivity contribution in [3.05, 3.63) is 35.9 Å². The highest BCUT2D eigenvalue weighted by Crippen LogP contribution is 2.07. The molecule has 1 aromatic rings. The molecule has 0 heterocycles. The Hall–Kier alpha value is -2.85. The molecule has 180 valence electrons. The molecule has 0 aliphatic carbocycles. The monoisotopic (exact) mass is 470 g/mol. The maximum atomic E-state index is 12.9. The van der Waals surface area contributed by atoms with Crippen LogP contribution in [0.15, 0.2) is 35.3 Å². The standard InChI is InChI=1S/C21H34N6O4.ClH/c1-13(2)17(20(30)31-3)27-19(29)16(10-7-11-25-21(23)24)26-18(28)15(22)12-14-8-5-4-6-9-14;/h4-6,8-9,13,15-17H,7,10-12,22H2,1-3H3,(H,26,28)(H,27,29)(H4,23,24,25);1H/t15-,16-,17-;/m1./s1. The van der Waals surface area contributed by atoms with E-state index in [1.807, 2.05) is 30.3 Å². The number of hydrogen-bond acceptors (Lipinski definition) is 6. The minimum Gasteiger partial charge on any atom is -0.467 e. The number of esters is 1. The molecule has 1 aromatic carbocycles. The summed E-state index contributed by atoms with van der Waals surface area (Å²) < 4.78 is 4.76. The van der Waals surface area contributed by atoms with Gasteiger partial charge in [0.2, 0.25) is 11.8 Å². The SMILES string of the molecule is COC(=O)[C@H](NC(=O)[C@@H](CCCN=C(N)N)NC(=O)[C@H](N)Cc1ccccc1)C(C)C.Cl. The smallest absolute Gasteiger partial charge is 0.328 e. The van der Waals surface area contributed by atoms with Crippen molar-refractivity contribution >= 4 is 36.2 Å². The van der Waals surface area contributed by atoms with Crippen molar-refractivity contribution in [2.24, 2.45) is 28.1 Å². The number of halogens is 1. The van der Waals surface area contributed by atoms with E-state index in [4.69, 9.17) is 21.9 Å². The van der Waals surface area contributed by atoms with Gasteiger partial charge in [-0.05, 0) is 30.7 Å². The van der Waals surface area contributed by atoms with Crippen molar-refractivity contribution in [1.82, 2.24) is 10.6 Å². The van der Waals surface area contributed by atoms with E-state index in [-0.39, 0.29) is 30.7 Å². The number of nitrogens with two attached hydrogens (primary N) is 3. The number of nitrogens with zero attached hydrogens (tertiary/aromatic N) is 1. The van der Waals surface area contributed by atoms with Crippen LogP contribution in [-0.4, -0.2) is 55.5 Å². The molecular weight excluding hydrogens is 436 g/mol. The molecule has 0 aromatic heterocycles. The highest BCUT2D eigenvalue weighted by Gasteiger charge is 2.30. The topological polar surface area (TPSA) is 175 Å². The zero-order chi connectivity index (χ0) is 23.4. The number of ether oxygens (including phenoxy) is 1. The van der Waals surface area contributed by atoms with E-state index in [0.29, 0.717) is 19.4 Å². The van der Waals surface area contributed by atoms with Gasteiger partial charge in [-0.3, -0.25) is 14.6 Å². The van der Waals surface area contributed by atoms with Crippen LogP contribution >= 0.6 is 12.4 Å². The van der Waals surface area contributed by atoms with Gasteiger partial charge < -0.3 is 32.6 Å². The van der Waals surface area contributed by atoms with Gasteiger partial charge in [0.15, 0.2) is 5.96 Å². The number of carbonyl (C=O) groups is 3. The Morgan fingerprint density at radius 3 is 2.22 bits per heavy atom. The van der Waals surface area contributed by atoms with Crippen molar-refractivity contribution in [2.75, 3.05) is 13.7 Å². The summed E-state index contributed by atoms with van der Waals surface area (Å²) in [5.41, 5.74) is 17.6. The largest absolute Gasteiger partial charge is 0.467 e. The third kappa shape index (κ3) is 10.5. The number of aliphatic imine (C=N–C) groups is 1. The minimum atomic E-state index is -0.908. The first-order valence-corrected chi connectivity index (χ1v) is 10.2. The van der Waals surface area contributed by atoms with Gasteiger partial charge in [0, 0.05) is 6.54 Å². The maximum Gasteiger partial charge on any atom is 0.328 e. The molecule has 0 aliphatic rings. The summed E-state index contributed by atoms with van der Waals surface area (Å²) in [6, 6.07) is 6.75. The van der Waals surface area contributed by atoms with Crippen LogP contribution < -0.4 is 27.8 Å². The van der Waals surface area contributed by atoms with Gasteiger partial charge in [0.1, 0.15) is 12.1 Å². The highest BCUT2D eigenvalue weighted by atomic mass is 35.5. The van der Waals surface area contributed by atoms with E-state index in [9.17, 15) is 14.4 Å². The van der Waals surface area contributed by atoms with Gasteiger partial charge in [0.25, 0.3) is 0 Å². The van der Waals surface area contributed by atoms with Gasteiger partial charge in [-0.2, -0.15) is 0 Å². The highest BCUT2D eigenvalue weighted by molar-refractivity contribution is 5.92. The number of amides is 2. The van der Waals surface area contributed by atoms with Crippen LogP contribution in [0.5, 0.6) is 0 Å². The Balaban J connectivity index is 0.00000961. The minimum absolute atomic E-state index is 0. The van der Waals surface area contributed by atoms with Crippen LogP contribution in [0.4, 0.5) is 0 Å². The molecule has 8 N–H and O–H groups in total. The first kappa shape index (κ1) is 29.1. The molecule has 1 rings (SSSR count). The Morgan fingerprint density at radius 1 is 1.06 bits per heavy atom. The van der Waals surface area contributed by atoms with Crippen LogP contribution in [-0.2, 0) is 25.5 Å². The zero-order valence-corrected chi connectivity index (χ0v) is 19.6. The second kappa shape index (κ2) is 15.0. The fourth-order valence-electron chi connectivity index (χ4n) is 2.89. The van der Waals surface area contributed by atoms with Crippen molar-refractivity contribution < 1.29 is 19.1 Å². The van der Waals surface area contributed by atoms with E-state index in [0.717, 1.165) is 5.56 Å². The van der Waals surface area contributed by atoms with Crippen molar-refractivity contribution in [2.45, 2.75) is 51.2 Å². The van der Waals surface area contributed by atoms with Crippen LogP contribution in [0.3, 0.4) is 0 Å². The van der Waals surface area contributed by atoms with Gasteiger partial charge in [-0.25, -0.2) is 4.79 Å². The summed E-state index contributed by atoms with van der Waals surface area (Å²) in [5, 5.41) is 5.34. The molecule has 0 fully saturated rings. The van der Waals surface area contributed by atoms with E-state index in [2.05, 4.69) is 15.6 Å². The van der Waals surface area contributed by atoms with Crippen molar-refractivity contribution in [1.29, 1.82) is 0 Å². The number of methoxy groups -OCH3 is 1. The normalized spacial score (nSPS) is 13.2. The second-order valence-corrected chi connectivity index (χ2v) is 7.56. The van der Waals surface area contributed by atoms with E-state index in [1.54, 1.807) is 13.8 Å². The maximum absolute atomic E-state index is 12.9. The van der Waals surface area contributed by atoms with Crippen molar-refractivity contribution in [3.63, 3.8) is 0 Å².